The van der Waals surface area contributed by atoms with Crippen molar-refractivity contribution >= 4 is 16.1 Å². The van der Waals surface area contributed by atoms with Gasteiger partial charge in [0.05, 0.1) is 17.5 Å². The van der Waals surface area contributed by atoms with E-state index in [1.54, 1.807) is 6.07 Å². The molecule has 1 unspecified atom stereocenters. The number of carbonyl (C=O) groups excluding carboxylic acids is 1. The van der Waals surface area contributed by atoms with E-state index in [9.17, 15) is 13.2 Å². The first kappa shape index (κ1) is 10.4. The predicted molar refractivity (Wildman–Crippen MR) is 54.5 cm³/mol. The van der Waals surface area contributed by atoms with Crippen molar-refractivity contribution < 1.29 is 13.2 Å². The lowest BCUT2D eigenvalue weighted by molar-refractivity contribution is 0.111. The fraction of sp³-hybridized carbons (Fsp3) is 0.556. The van der Waals surface area contributed by atoms with Gasteiger partial charge in [-0.05, 0) is 18.9 Å². The Balaban J connectivity index is 2.28. The van der Waals surface area contributed by atoms with Crippen LogP contribution in [0, 0.1) is 0 Å². The van der Waals surface area contributed by atoms with E-state index in [0.29, 0.717) is 18.4 Å². The first-order valence-corrected chi connectivity index (χ1v) is 6.63. The monoisotopic (exact) mass is 228 g/mol. The summed E-state index contributed by atoms with van der Waals surface area (Å²) < 4.78 is 24.4. The van der Waals surface area contributed by atoms with Crippen molar-refractivity contribution in [2.24, 2.45) is 0 Å². The van der Waals surface area contributed by atoms with E-state index in [4.69, 9.17) is 0 Å². The molecule has 0 radical (unpaired) electrons. The maximum atomic E-state index is 11.4. The summed E-state index contributed by atoms with van der Waals surface area (Å²) in [5.41, 5.74) is 0.442. The van der Waals surface area contributed by atoms with Crippen LogP contribution >= 0.6 is 0 Å². The highest BCUT2D eigenvalue weighted by Crippen LogP contribution is 2.23. The molecule has 0 aromatic carbocycles. The average Bonchev–Trinajstić information content (AvgIpc) is 2.63. The van der Waals surface area contributed by atoms with Crippen LogP contribution in [-0.4, -0.2) is 36.0 Å². The van der Waals surface area contributed by atoms with Crippen LogP contribution in [0.25, 0.3) is 0 Å². The largest absolute Gasteiger partial charge is 0.296 e. The molecule has 1 saturated heterocycles. The summed E-state index contributed by atoms with van der Waals surface area (Å²) in [6.07, 6.45) is 3.63. The van der Waals surface area contributed by atoms with Gasteiger partial charge in [-0.25, -0.2) is 8.42 Å². The molecular formula is C9H12N2O3S. The Hall–Kier alpha value is -1.17. The zero-order valence-corrected chi connectivity index (χ0v) is 8.98. The lowest BCUT2D eigenvalue weighted by Gasteiger charge is -2.22. The van der Waals surface area contributed by atoms with Gasteiger partial charge in [0, 0.05) is 6.20 Å². The Kier molecular flexibility index (Phi) is 2.60. The molecule has 1 aromatic rings. The lowest BCUT2D eigenvalue weighted by Crippen LogP contribution is -2.29. The summed E-state index contributed by atoms with van der Waals surface area (Å²) in [6.45, 7) is 0. The third-order valence-corrected chi connectivity index (χ3v) is 4.41. The minimum absolute atomic E-state index is 0.0928. The molecule has 0 bridgehead atoms. The Morgan fingerprint density at radius 2 is 2.33 bits per heavy atom. The molecule has 1 aliphatic heterocycles. The van der Waals surface area contributed by atoms with Crippen molar-refractivity contribution in [1.29, 1.82) is 0 Å². The maximum Gasteiger partial charge on any atom is 0.168 e. The average molecular weight is 228 g/mol. The first-order valence-electron chi connectivity index (χ1n) is 4.81. The molecule has 82 valence electrons. The zero-order chi connectivity index (χ0) is 10.9. The van der Waals surface area contributed by atoms with Crippen LogP contribution in [0.15, 0.2) is 12.3 Å². The highest BCUT2D eigenvalue weighted by molar-refractivity contribution is 7.91. The summed E-state index contributed by atoms with van der Waals surface area (Å²) in [5, 5.41) is 4.00. The highest BCUT2D eigenvalue weighted by atomic mass is 32.2. The molecular weight excluding hydrogens is 216 g/mol. The second kappa shape index (κ2) is 3.77. The molecule has 0 amide bonds. The van der Waals surface area contributed by atoms with Crippen molar-refractivity contribution in [3.8, 4) is 0 Å². The Labute approximate surface area is 88.0 Å². The van der Waals surface area contributed by atoms with E-state index < -0.39 is 9.84 Å². The van der Waals surface area contributed by atoms with E-state index in [1.807, 2.05) is 0 Å². The molecule has 2 heterocycles. The molecule has 1 fully saturated rings. The number of aldehydes is 1. The Bertz CT molecular complexity index is 463. The van der Waals surface area contributed by atoms with E-state index >= 15 is 0 Å². The minimum Gasteiger partial charge on any atom is -0.296 e. The molecule has 0 aliphatic carbocycles. The van der Waals surface area contributed by atoms with Crippen molar-refractivity contribution in [3.63, 3.8) is 0 Å². The van der Waals surface area contributed by atoms with Crippen LogP contribution in [0.2, 0.25) is 0 Å². The van der Waals surface area contributed by atoms with Crippen molar-refractivity contribution in [2.75, 3.05) is 11.5 Å². The number of carbonyl (C=O) groups is 1. The molecule has 0 saturated carbocycles. The first-order chi connectivity index (χ1) is 7.12. The van der Waals surface area contributed by atoms with Crippen LogP contribution in [-0.2, 0) is 9.84 Å². The zero-order valence-electron chi connectivity index (χ0n) is 8.17. The van der Waals surface area contributed by atoms with Gasteiger partial charge in [0.1, 0.15) is 5.69 Å². The highest BCUT2D eigenvalue weighted by Gasteiger charge is 2.27. The topological polar surface area (TPSA) is 69.0 Å². The smallest absolute Gasteiger partial charge is 0.168 e. The maximum absolute atomic E-state index is 11.4. The fourth-order valence-electron chi connectivity index (χ4n) is 1.91. The number of sulfone groups is 1. The number of hydrogen-bond donors (Lipinski definition) is 0. The fourth-order valence-corrected chi connectivity index (χ4v) is 3.58. The van der Waals surface area contributed by atoms with E-state index in [2.05, 4.69) is 5.10 Å². The molecule has 2 rings (SSSR count). The lowest BCUT2D eigenvalue weighted by atomic mass is 10.2. The molecule has 15 heavy (non-hydrogen) atoms. The normalized spacial score (nSPS) is 24.9. The van der Waals surface area contributed by atoms with Gasteiger partial charge in [-0.2, -0.15) is 5.10 Å². The Morgan fingerprint density at radius 3 is 3.00 bits per heavy atom. The van der Waals surface area contributed by atoms with E-state index in [1.165, 1.54) is 10.9 Å². The van der Waals surface area contributed by atoms with Crippen LogP contribution in [0.3, 0.4) is 0 Å². The summed E-state index contributed by atoms with van der Waals surface area (Å²) in [5.74, 6) is 0.344. The number of aromatic nitrogens is 2. The minimum atomic E-state index is -2.96. The standard InChI is InChI=1S/C9H12N2O3S/c12-6-8-3-4-10-11(8)9-2-1-5-15(13,14)7-9/h3-4,6,9H,1-2,5,7H2. The molecule has 0 N–H and O–H groups in total. The summed E-state index contributed by atoms with van der Waals surface area (Å²) >= 11 is 0. The van der Waals surface area contributed by atoms with Gasteiger partial charge < -0.3 is 0 Å². The number of rotatable bonds is 2. The van der Waals surface area contributed by atoms with Crippen LogP contribution in [0.1, 0.15) is 29.4 Å². The van der Waals surface area contributed by atoms with Gasteiger partial charge in [-0.3, -0.25) is 9.48 Å². The number of hydrogen-bond acceptors (Lipinski definition) is 4. The third kappa shape index (κ3) is 2.09. The van der Waals surface area contributed by atoms with Crippen molar-refractivity contribution in [3.05, 3.63) is 18.0 Å². The number of nitrogens with zero attached hydrogens (tertiary/aromatic N) is 2. The molecule has 1 aromatic heterocycles. The molecule has 6 heteroatoms. The van der Waals surface area contributed by atoms with Crippen LogP contribution < -0.4 is 0 Å². The van der Waals surface area contributed by atoms with Gasteiger partial charge in [0.25, 0.3) is 0 Å². The van der Waals surface area contributed by atoms with E-state index in [-0.39, 0.29) is 17.5 Å². The SMILES string of the molecule is O=Cc1ccnn1C1CCCS(=O)(=O)C1. The molecule has 0 spiro atoms. The second-order valence-corrected chi connectivity index (χ2v) is 5.96. The molecule has 5 nitrogen and oxygen atoms in total. The van der Waals surface area contributed by atoms with Gasteiger partial charge in [-0.1, -0.05) is 0 Å². The molecule has 1 atom stereocenters. The van der Waals surface area contributed by atoms with Crippen LogP contribution in [0.4, 0.5) is 0 Å². The van der Waals surface area contributed by atoms with Gasteiger partial charge in [0.2, 0.25) is 0 Å². The second-order valence-electron chi connectivity index (χ2n) is 3.73. The van der Waals surface area contributed by atoms with Crippen LogP contribution in [0.5, 0.6) is 0 Å². The van der Waals surface area contributed by atoms with Gasteiger partial charge >= 0.3 is 0 Å². The van der Waals surface area contributed by atoms with Gasteiger partial charge in [-0.15, -0.1) is 0 Å². The van der Waals surface area contributed by atoms with Crippen molar-refractivity contribution in [1.82, 2.24) is 9.78 Å². The summed E-state index contributed by atoms with van der Waals surface area (Å²) in [4.78, 5) is 10.7. The Morgan fingerprint density at radius 1 is 1.53 bits per heavy atom. The molecule has 1 aliphatic rings. The van der Waals surface area contributed by atoms with Gasteiger partial charge in [0.15, 0.2) is 16.1 Å². The summed E-state index contributed by atoms with van der Waals surface area (Å²) in [7, 11) is -2.96. The third-order valence-electron chi connectivity index (χ3n) is 2.61. The summed E-state index contributed by atoms with van der Waals surface area (Å²) in [6, 6.07) is 1.41. The van der Waals surface area contributed by atoms with Crippen molar-refractivity contribution in [2.45, 2.75) is 18.9 Å². The quantitative estimate of drug-likeness (QED) is 0.689. The predicted octanol–water partition coefficient (Wildman–Crippen LogP) is 0.445. The van der Waals surface area contributed by atoms with E-state index in [0.717, 1.165) is 6.42 Å².